The van der Waals surface area contributed by atoms with Crippen molar-refractivity contribution in [2.75, 3.05) is 7.11 Å². The van der Waals surface area contributed by atoms with E-state index in [0.717, 1.165) is 5.69 Å². The summed E-state index contributed by atoms with van der Waals surface area (Å²) in [5, 5.41) is 8.32. The predicted octanol–water partition coefficient (Wildman–Crippen LogP) is 1.75. The minimum Gasteiger partial charge on any atom is -0.493 e. The molecule has 2 rings (SSSR count). The number of aromatic nitrogens is 4. The van der Waals surface area contributed by atoms with Gasteiger partial charge < -0.3 is 4.74 Å². The van der Waals surface area contributed by atoms with Gasteiger partial charge in [0, 0.05) is 18.8 Å². The van der Waals surface area contributed by atoms with Crippen molar-refractivity contribution in [1.29, 1.82) is 0 Å². The van der Waals surface area contributed by atoms with Crippen molar-refractivity contribution in [1.82, 2.24) is 19.6 Å². The lowest BCUT2D eigenvalue weighted by molar-refractivity contribution is 0.102. The molecule has 0 aromatic carbocycles. The molecule has 2 aromatic rings. The number of nitrogens with zero attached hydrogens (tertiary/aromatic N) is 4. The number of hydrogen-bond donors (Lipinski definition) is 0. The van der Waals surface area contributed by atoms with E-state index in [0.29, 0.717) is 17.0 Å². The van der Waals surface area contributed by atoms with Gasteiger partial charge >= 0.3 is 0 Å². The second-order valence-corrected chi connectivity index (χ2v) is 4.70. The molecule has 0 aliphatic carbocycles. The van der Waals surface area contributed by atoms with Crippen LogP contribution in [0.25, 0.3) is 0 Å². The molecule has 2 heterocycles. The van der Waals surface area contributed by atoms with E-state index in [9.17, 15) is 4.79 Å². The van der Waals surface area contributed by atoms with Crippen molar-refractivity contribution in [2.24, 2.45) is 7.05 Å². The standard InChI is InChI=1S/C13H18N4O2/c1-8(2)17-12(11(19-5)7-15-17)13(18)10-6-14-16(4)9(10)3/h6-8H,1-5H3. The number of carbonyl (C=O) groups is 1. The Morgan fingerprint density at radius 2 is 2.00 bits per heavy atom. The van der Waals surface area contributed by atoms with E-state index in [2.05, 4.69) is 10.2 Å². The number of hydrogen-bond acceptors (Lipinski definition) is 4. The van der Waals surface area contributed by atoms with E-state index in [1.165, 1.54) is 7.11 Å². The van der Waals surface area contributed by atoms with Crippen molar-refractivity contribution in [3.63, 3.8) is 0 Å². The first-order valence-electron chi connectivity index (χ1n) is 6.12. The van der Waals surface area contributed by atoms with E-state index in [1.54, 1.807) is 21.8 Å². The molecule has 0 saturated carbocycles. The highest BCUT2D eigenvalue weighted by atomic mass is 16.5. The fraction of sp³-hybridized carbons (Fsp3) is 0.462. The first-order valence-corrected chi connectivity index (χ1v) is 6.12. The van der Waals surface area contributed by atoms with Gasteiger partial charge in [-0.15, -0.1) is 0 Å². The molecule has 19 heavy (non-hydrogen) atoms. The average molecular weight is 262 g/mol. The van der Waals surface area contributed by atoms with Gasteiger partial charge in [0.25, 0.3) is 0 Å². The summed E-state index contributed by atoms with van der Waals surface area (Å²) in [6.07, 6.45) is 3.15. The molecule has 0 unspecified atom stereocenters. The quantitative estimate of drug-likeness (QED) is 0.787. The Morgan fingerprint density at radius 1 is 1.32 bits per heavy atom. The monoisotopic (exact) mass is 262 g/mol. The Labute approximate surface area is 112 Å². The molecule has 0 amide bonds. The summed E-state index contributed by atoms with van der Waals surface area (Å²) in [6.45, 7) is 5.81. The van der Waals surface area contributed by atoms with Crippen LogP contribution in [0.3, 0.4) is 0 Å². The second-order valence-electron chi connectivity index (χ2n) is 4.70. The van der Waals surface area contributed by atoms with Crippen LogP contribution < -0.4 is 4.74 Å². The zero-order valence-corrected chi connectivity index (χ0v) is 11.8. The van der Waals surface area contributed by atoms with Gasteiger partial charge in [-0.05, 0) is 20.8 Å². The average Bonchev–Trinajstić information content (AvgIpc) is 2.94. The summed E-state index contributed by atoms with van der Waals surface area (Å²) in [6, 6.07) is 0.0832. The highest BCUT2D eigenvalue weighted by Gasteiger charge is 2.24. The van der Waals surface area contributed by atoms with Gasteiger partial charge in [0.15, 0.2) is 11.4 Å². The fourth-order valence-electron chi connectivity index (χ4n) is 1.95. The fourth-order valence-corrected chi connectivity index (χ4v) is 1.95. The van der Waals surface area contributed by atoms with E-state index in [1.807, 2.05) is 27.8 Å². The maximum Gasteiger partial charge on any atom is 0.218 e. The topological polar surface area (TPSA) is 61.9 Å². The van der Waals surface area contributed by atoms with Gasteiger partial charge in [0.05, 0.1) is 25.1 Å². The van der Waals surface area contributed by atoms with Gasteiger partial charge in [-0.2, -0.15) is 10.2 Å². The molecule has 2 aromatic heterocycles. The lowest BCUT2D eigenvalue weighted by Gasteiger charge is -2.11. The second kappa shape index (κ2) is 4.87. The number of ketones is 1. The Kier molecular flexibility index (Phi) is 3.42. The van der Waals surface area contributed by atoms with Crippen molar-refractivity contribution in [2.45, 2.75) is 26.8 Å². The molecule has 0 spiro atoms. The van der Waals surface area contributed by atoms with Crippen LogP contribution in [-0.4, -0.2) is 32.5 Å². The summed E-state index contributed by atoms with van der Waals surface area (Å²) in [5.41, 5.74) is 1.86. The lowest BCUT2D eigenvalue weighted by Crippen LogP contribution is -2.15. The molecule has 0 aliphatic heterocycles. The van der Waals surface area contributed by atoms with Gasteiger partial charge in [0.2, 0.25) is 5.78 Å². The van der Waals surface area contributed by atoms with E-state index in [4.69, 9.17) is 4.74 Å². The van der Waals surface area contributed by atoms with Crippen LogP contribution in [0.2, 0.25) is 0 Å². The lowest BCUT2D eigenvalue weighted by atomic mass is 10.1. The van der Waals surface area contributed by atoms with Crippen molar-refractivity contribution < 1.29 is 9.53 Å². The molecule has 6 nitrogen and oxygen atoms in total. The van der Waals surface area contributed by atoms with Crippen LogP contribution in [0.4, 0.5) is 0 Å². The molecule has 0 atom stereocenters. The molecular weight excluding hydrogens is 244 g/mol. The number of rotatable bonds is 4. The summed E-state index contributed by atoms with van der Waals surface area (Å²) in [5.74, 6) is 0.371. The minimum atomic E-state index is -0.117. The van der Waals surface area contributed by atoms with Crippen LogP contribution in [0.5, 0.6) is 5.75 Å². The Morgan fingerprint density at radius 3 is 2.47 bits per heavy atom. The van der Waals surface area contributed by atoms with Crippen LogP contribution in [0.15, 0.2) is 12.4 Å². The number of aryl methyl sites for hydroxylation is 1. The minimum absolute atomic E-state index is 0.0832. The zero-order valence-electron chi connectivity index (χ0n) is 11.8. The van der Waals surface area contributed by atoms with Gasteiger partial charge in [-0.1, -0.05) is 0 Å². The SMILES string of the molecule is COc1cnn(C(C)C)c1C(=O)c1cnn(C)c1C. The molecule has 0 fully saturated rings. The molecular formula is C13H18N4O2. The third kappa shape index (κ3) is 2.14. The maximum atomic E-state index is 12.7. The van der Waals surface area contributed by atoms with Crippen LogP contribution in [0, 0.1) is 6.92 Å². The number of carbonyl (C=O) groups excluding carboxylic acids is 1. The summed E-state index contributed by atoms with van der Waals surface area (Å²) in [7, 11) is 3.34. The van der Waals surface area contributed by atoms with Gasteiger partial charge in [0.1, 0.15) is 0 Å². The Hall–Kier alpha value is -2.11. The van der Waals surface area contributed by atoms with E-state index in [-0.39, 0.29) is 11.8 Å². The molecule has 0 N–H and O–H groups in total. The summed E-state index contributed by atoms with van der Waals surface area (Å²) < 4.78 is 8.58. The Balaban J connectivity index is 2.55. The molecule has 0 radical (unpaired) electrons. The van der Waals surface area contributed by atoms with Crippen molar-refractivity contribution >= 4 is 5.78 Å². The third-order valence-electron chi connectivity index (χ3n) is 3.17. The molecule has 0 aliphatic rings. The predicted molar refractivity (Wildman–Crippen MR) is 70.5 cm³/mol. The van der Waals surface area contributed by atoms with Gasteiger partial charge in [-0.25, -0.2) is 0 Å². The normalized spacial score (nSPS) is 11.1. The van der Waals surface area contributed by atoms with E-state index < -0.39 is 0 Å². The first-order chi connectivity index (χ1) is 8.97. The van der Waals surface area contributed by atoms with Gasteiger partial charge in [-0.3, -0.25) is 14.2 Å². The van der Waals surface area contributed by atoms with Crippen LogP contribution in [0.1, 0.15) is 41.6 Å². The first kappa shape index (κ1) is 13.3. The number of methoxy groups -OCH3 is 1. The summed E-state index contributed by atoms with van der Waals surface area (Å²) in [4.78, 5) is 12.7. The molecule has 102 valence electrons. The van der Waals surface area contributed by atoms with Crippen molar-refractivity contribution in [3.8, 4) is 5.75 Å². The third-order valence-corrected chi connectivity index (χ3v) is 3.17. The zero-order chi connectivity index (χ0) is 14.2. The maximum absolute atomic E-state index is 12.7. The molecule has 6 heteroatoms. The van der Waals surface area contributed by atoms with Crippen LogP contribution in [-0.2, 0) is 7.05 Å². The van der Waals surface area contributed by atoms with Crippen LogP contribution >= 0.6 is 0 Å². The largest absolute Gasteiger partial charge is 0.493 e. The Bertz CT molecular complexity index is 610. The van der Waals surface area contributed by atoms with Crippen molar-refractivity contribution in [3.05, 3.63) is 29.3 Å². The molecule has 0 saturated heterocycles. The molecule has 0 bridgehead atoms. The summed E-state index contributed by atoms with van der Waals surface area (Å²) >= 11 is 0. The number of ether oxygens (including phenoxy) is 1. The smallest absolute Gasteiger partial charge is 0.218 e. The highest BCUT2D eigenvalue weighted by Crippen LogP contribution is 2.25. The van der Waals surface area contributed by atoms with E-state index >= 15 is 0 Å². The highest BCUT2D eigenvalue weighted by molar-refractivity contribution is 6.10.